The molecule has 0 aromatic heterocycles. The van der Waals surface area contributed by atoms with Crippen molar-refractivity contribution in [3.8, 4) is 5.75 Å². The lowest BCUT2D eigenvalue weighted by Gasteiger charge is -2.17. The number of nitrogens with one attached hydrogen (secondary N) is 2. The molecule has 0 saturated heterocycles. The predicted octanol–water partition coefficient (Wildman–Crippen LogP) is 3.48. The molecular weight excluding hydrogens is 390 g/mol. The number of nitrogens with zero attached hydrogens (tertiary/aromatic N) is 1. The summed E-state index contributed by atoms with van der Waals surface area (Å²) in [6, 6.07) is 26.3. The maximum atomic E-state index is 12.9. The molecule has 3 aromatic carbocycles. The first kappa shape index (κ1) is 21.8. The van der Waals surface area contributed by atoms with Crippen LogP contribution in [0, 0.1) is 0 Å². The van der Waals surface area contributed by atoms with E-state index in [1.165, 1.54) is 6.21 Å². The molecule has 158 valence electrons. The molecule has 0 radical (unpaired) electrons. The lowest BCUT2D eigenvalue weighted by Crippen LogP contribution is -2.37. The van der Waals surface area contributed by atoms with E-state index in [2.05, 4.69) is 15.8 Å². The van der Waals surface area contributed by atoms with Crippen LogP contribution in [0.15, 0.2) is 90.0 Å². The van der Waals surface area contributed by atoms with Gasteiger partial charge >= 0.3 is 0 Å². The van der Waals surface area contributed by atoms with Crippen molar-refractivity contribution >= 4 is 18.0 Å². The Kier molecular flexibility index (Phi) is 7.94. The van der Waals surface area contributed by atoms with Crippen molar-refractivity contribution in [3.05, 3.63) is 102 Å². The van der Waals surface area contributed by atoms with Gasteiger partial charge in [-0.1, -0.05) is 60.7 Å². The summed E-state index contributed by atoms with van der Waals surface area (Å²) >= 11 is 0. The van der Waals surface area contributed by atoms with E-state index in [1.54, 1.807) is 0 Å². The molecule has 0 aliphatic carbocycles. The van der Waals surface area contributed by atoms with Crippen LogP contribution >= 0.6 is 0 Å². The van der Waals surface area contributed by atoms with E-state index in [1.807, 2.05) is 91.9 Å². The van der Waals surface area contributed by atoms with E-state index in [-0.39, 0.29) is 12.5 Å². The minimum atomic E-state index is -0.498. The summed E-state index contributed by atoms with van der Waals surface area (Å²) in [4.78, 5) is 25.0. The molecule has 0 aliphatic heterocycles. The molecule has 3 aromatic rings. The Labute approximate surface area is 182 Å². The molecule has 0 unspecified atom stereocenters. The van der Waals surface area contributed by atoms with Gasteiger partial charge in [0.25, 0.3) is 5.91 Å². The zero-order chi connectivity index (χ0) is 21.9. The third-order valence-corrected chi connectivity index (χ3v) is 4.55. The number of ether oxygens (including phenoxy) is 1. The van der Waals surface area contributed by atoms with Gasteiger partial charge in [-0.15, -0.1) is 0 Å². The van der Waals surface area contributed by atoms with Crippen molar-refractivity contribution in [2.75, 3.05) is 13.2 Å². The fourth-order valence-electron chi connectivity index (χ4n) is 3.09. The largest absolute Gasteiger partial charge is 0.494 e. The predicted molar refractivity (Wildman–Crippen MR) is 121 cm³/mol. The number of hydrazone groups is 1. The second-order valence-electron chi connectivity index (χ2n) is 6.77. The fraction of sp³-hybridized carbons (Fsp3) is 0.160. The van der Waals surface area contributed by atoms with E-state index in [0.29, 0.717) is 6.61 Å². The van der Waals surface area contributed by atoms with Crippen molar-refractivity contribution in [3.63, 3.8) is 0 Å². The normalized spacial score (nSPS) is 10.8. The highest BCUT2D eigenvalue weighted by Gasteiger charge is 2.22. The Bertz CT molecular complexity index is 964. The van der Waals surface area contributed by atoms with Gasteiger partial charge in [0.2, 0.25) is 5.91 Å². The summed E-state index contributed by atoms with van der Waals surface area (Å²) < 4.78 is 5.39. The molecule has 0 aliphatic rings. The molecule has 0 heterocycles. The Balaban J connectivity index is 1.56. The van der Waals surface area contributed by atoms with Crippen LogP contribution in [-0.2, 0) is 9.59 Å². The van der Waals surface area contributed by atoms with E-state index < -0.39 is 11.8 Å². The Hall–Kier alpha value is -3.93. The first-order chi connectivity index (χ1) is 15.2. The van der Waals surface area contributed by atoms with Gasteiger partial charge in [-0.25, -0.2) is 5.43 Å². The highest BCUT2D eigenvalue weighted by Crippen LogP contribution is 2.24. The quantitative estimate of drug-likeness (QED) is 0.415. The SMILES string of the molecule is CCOc1ccc(/C=N/NC(=O)CNC(=O)C(c2ccccc2)c2ccccc2)cc1. The van der Waals surface area contributed by atoms with Crippen LogP contribution in [0.5, 0.6) is 5.75 Å². The first-order valence-electron chi connectivity index (χ1n) is 10.1. The summed E-state index contributed by atoms with van der Waals surface area (Å²) in [6.07, 6.45) is 1.53. The summed E-state index contributed by atoms with van der Waals surface area (Å²) in [5.41, 5.74) is 4.97. The van der Waals surface area contributed by atoms with Gasteiger partial charge in [-0.05, 0) is 47.9 Å². The number of hydrogen-bond donors (Lipinski definition) is 2. The minimum absolute atomic E-state index is 0.171. The first-order valence-corrected chi connectivity index (χ1v) is 10.1. The van der Waals surface area contributed by atoms with Crippen LogP contribution < -0.4 is 15.5 Å². The Morgan fingerprint density at radius 3 is 2.03 bits per heavy atom. The van der Waals surface area contributed by atoms with Gasteiger partial charge in [0.15, 0.2) is 0 Å². The maximum Gasteiger partial charge on any atom is 0.259 e. The van der Waals surface area contributed by atoms with Crippen LogP contribution in [0.4, 0.5) is 0 Å². The number of rotatable bonds is 9. The van der Waals surface area contributed by atoms with Gasteiger partial charge in [0, 0.05) is 0 Å². The molecule has 3 rings (SSSR count). The molecule has 0 spiro atoms. The van der Waals surface area contributed by atoms with Gasteiger partial charge in [0.1, 0.15) is 5.75 Å². The van der Waals surface area contributed by atoms with E-state index in [4.69, 9.17) is 4.74 Å². The standard InChI is InChI=1S/C25H25N3O3/c1-2-31-22-15-13-19(14-16-22)17-27-28-23(29)18-26-25(30)24(20-9-5-3-6-10-20)21-11-7-4-8-12-21/h3-17,24H,2,18H2,1H3,(H,26,30)(H,28,29)/b27-17+. The number of carbonyl (C=O) groups is 2. The summed E-state index contributed by atoms with van der Waals surface area (Å²) in [6.45, 7) is 2.35. The lowest BCUT2D eigenvalue weighted by molar-refractivity contribution is -0.126. The van der Waals surface area contributed by atoms with E-state index in [9.17, 15) is 9.59 Å². The maximum absolute atomic E-state index is 12.9. The molecule has 6 heteroatoms. The molecule has 2 N–H and O–H groups in total. The van der Waals surface area contributed by atoms with Crippen molar-refractivity contribution in [1.82, 2.24) is 10.7 Å². The third kappa shape index (κ3) is 6.54. The van der Waals surface area contributed by atoms with Crippen molar-refractivity contribution in [2.45, 2.75) is 12.8 Å². The summed E-state index contributed by atoms with van der Waals surface area (Å²) in [5.74, 6) is -0.376. The molecule has 0 saturated carbocycles. The van der Waals surface area contributed by atoms with Crippen LogP contribution in [0.3, 0.4) is 0 Å². The second-order valence-corrected chi connectivity index (χ2v) is 6.77. The average molecular weight is 415 g/mol. The van der Waals surface area contributed by atoms with Crippen LogP contribution in [-0.4, -0.2) is 31.2 Å². The van der Waals surface area contributed by atoms with Crippen LogP contribution in [0.25, 0.3) is 0 Å². The summed E-state index contributed by atoms with van der Waals surface area (Å²) in [5, 5.41) is 6.65. The van der Waals surface area contributed by atoms with Crippen molar-refractivity contribution in [1.29, 1.82) is 0 Å². The van der Waals surface area contributed by atoms with Gasteiger partial charge < -0.3 is 10.1 Å². The van der Waals surface area contributed by atoms with Crippen LogP contribution in [0.1, 0.15) is 29.5 Å². The molecule has 6 nitrogen and oxygen atoms in total. The van der Waals surface area contributed by atoms with Crippen LogP contribution in [0.2, 0.25) is 0 Å². The highest BCUT2D eigenvalue weighted by atomic mass is 16.5. The topological polar surface area (TPSA) is 79.8 Å². The zero-order valence-corrected chi connectivity index (χ0v) is 17.3. The molecular formula is C25H25N3O3. The monoisotopic (exact) mass is 415 g/mol. The van der Waals surface area contributed by atoms with Gasteiger partial charge in [-0.3, -0.25) is 9.59 Å². The number of carbonyl (C=O) groups excluding carboxylic acids is 2. The average Bonchev–Trinajstić information content (AvgIpc) is 2.81. The Morgan fingerprint density at radius 1 is 0.903 bits per heavy atom. The van der Waals surface area contributed by atoms with Gasteiger partial charge in [-0.2, -0.15) is 5.10 Å². The minimum Gasteiger partial charge on any atom is -0.494 e. The smallest absolute Gasteiger partial charge is 0.259 e. The number of hydrogen-bond acceptors (Lipinski definition) is 4. The van der Waals surface area contributed by atoms with Crippen molar-refractivity contribution in [2.24, 2.45) is 5.10 Å². The van der Waals surface area contributed by atoms with Gasteiger partial charge in [0.05, 0.1) is 25.3 Å². The molecule has 0 bridgehead atoms. The fourth-order valence-corrected chi connectivity index (χ4v) is 3.09. The van der Waals surface area contributed by atoms with E-state index in [0.717, 1.165) is 22.4 Å². The molecule has 2 amide bonds. The zero-order valence-electron chi connectivity index (χ0n) is 17.3. The third-order valence-electron chi connectivity index (χ3n) is 4.55. The highest BCUT2D eigenvalue weighted by molar-refractivity contribution is 5.91. The second kappa shape index (κ2) is 11.3. The van der Waals surface area contributed by atoms with Crippen molar-refractivity contribution < 1.29 is 14.3 Å². The molecule has 0 atom stereocenters. The number of amides is 2. The Morgan fingerprint density at radius 2 is 1.48 bits per heavy atom. The molecule has 0 fully saturated rings. The summed E-state index contributed by atoms with van der Waals surface area (Å²) in [7, 11) is 0. The number of benzene rings is 3. The molecule has 31 heavy (non-hydrogen) atoms. The lowest BCUT2D eigenvalue weighted by atomic mass is 9.90. The van der Waals surface area contributed by atoms with E-state index >= 15 is 0 Å².